The highest BCUT2D eigenvalue weighted by atomic mass is 15.1. The highest BCUT2D eigenvalue weighted by Gasteiger charge is 2.42. The van der Waals surface area contributed by atoms with Gasteiger partial charge in [0.25, 0.3) is 0 Å². The Morgan fingerprint density at radius 2 is 0.661 bits per heavy atom. The third kappa shape index (κ3) is 4.73. The number of fused-ring (bicyclic) bond motifs is 12. The Morgan fingerprint density at radius 1 is 0.271 bits per heavy atom. The van der Waals surface area contributed by atoms with Gasteiger partial charge in [-0.05, 0) is 138 Å². The fourth-order valence-corrected chi connectivity index (χ4v) is 10.9. The first-order valence-corrected chi connectivity index (χ1v) is 20.8. The Balaban J connectivity index is 1.13. The largest absolute Gasteiger partial charge is 0.310 e. The summed E-state index contributed by atoms with van der Waals surface area (Å²) in [7, 11) is 0. The van der Waals surface area contributed by atoms with Crippen molar-refractivity contribution in [3.05, 3.63) is 246 Å². The second-order valence-corrected chi connectivity index (χ2v) is 16.7. The molecule has 2 unspecified atom stereocenters. The van der Waals surface area contributed by atoms with Gasteiger partial charge in [-0.3, -0.25) is 0 Å². The Morgan fingerprint density at radius 3 is 1.27 bits per heavy atom. The van der Waals surface area contributed by atoms with E-state index in [1.54, 1.807) is 0 Å². The lowest BCUT2D eigenvalue weighted by Crippen LogP contribution is -2.23. The highest BCUT2D eigenvalue weighted by molar-refractivity contribution is 6.25. The van der Waals surface area contributed by atoms with Gasteiger partial charge in [0, 0.05) is 27.9 Å². The zero-order valence-electron chi connectivity index (χ0n) is 33.2. The Labute approximate surface area is 345 Å². The van der Waals surface area contributed by atoms with Crippen LogP contribution in [-0.4, -0.2) is 0 Å². The maximum Gasteiger partial charge on any atom is 0.0468 e. The van der Waals surface area contributed by atoms with Crippen LogP contribution >= 0.6 is 0 Å². The minimum Gasteiger partial charge on any atom is -0.310 e. The monoisotopic (exact) mass is 751 g/mol. The second kappa shape index (κ2) is 12.6. The molecule has 2 atom stereocenters. The summed E-state index contributed by atoms with van der Waals surface area (Å²) in [5.41, 5.74) is 16.0. The number of hydrogen-bond donors (Lipinski definition) is 0. The Bertz CT molecular complexity index is 3270. The van der Waals surface area contributed by atoms with Crippen molar-refractivity contribution in [2.45, 2.75) is 24.7 Å². The van der Waals surface area contributed by atoms with Gasteiger partial charge < -0.3 is 4.90 Å². The maximum atomic E-state index is 2.50. The van der Waals surface area contributed by atoms with Crippen LogP contribution in [0.15, 0.2) is 212 Å². The van der Waals surface area contributed by atoms with Crippen LogP contribution in [0.4, 0.5) is 17.1 Å². The molecular formula is C58H41N. The summed E-state index contributed by atoms with van der Waals surface area (Å²) in [5, 5.41) is 7.64. The van der Waals surface area contributed by atoms with Crippen molar-refractivity contribution < 1.29 is 0 Å². The summed E-state index contributed by atoms with van der Waals surface area (Å²) >= 11 is 0. The number of nitrogens with zero attached hydrogens (tertiary/aromatic N) is 1. The van der Waals surface area contributed by atoms with E-state index in [0.717, 1.165) is 17.1 Å². The minimum atomic E-state index is -0.318. The predicted molar refractivity (Wildman–Crippen MR) is 249 cm³/mol. The van der Waals surface area contributed by atoms with E-state index >= 15 is 0 Å². The molecule has 1 nitrogen and oxygen atoms in total. The average molecular weight is 752 g/mol. The van der Waals surface area contributed by atoms with Crippen molar-refractivity contribution in [2.75, 3.05) is 4.90 Å². The molecular weight excluding hydrogens is 711 g/mol. The molecule has 0 saturated heterocycles. The molecule has 0 amide bonds. The standard InChI is InChI=1S/C58H41N/c1-57(38-17-5-3-6-18-38)54-28-16-14-26-49(54)52-36-41(31-34-55(52)57)59(40-29-32-47-45-23-10-9-21-43(45)44-22-11-12-24-46(44)51(47)35-40)42-30-33-50-48-25-13-15-27-53(48)58(2,56(50)37-42)39-19-7-4-8-20-39/h3-37H,1-2H3. The Hall–Kier alpha value is -7.22. The van der Waals surface area contributed by atoms with Gasteiger partial charge in [-0.25, -0.2) is 0 Å². The molecule has 0 radical (unpaired) electrons. The van der Waals surface area contributed by atoms with Crippen molar-refractivity contribution in [1.29, 1.82) is 0 Å². The Kier molecular flexibility index (Phi) is 7.26. The topological polar surface area (TPSA) is 3.24 Å². The van der Waals surface area contributed by atoms with Crippen LogP contribution in [0.25, 0.3) is 54.6 Å². The van der Waals surface area contributed by atoms with Gasteiger partial charge in [-0.1, -0.05) is 176 Å². The molecule has 0 aromatic heterocycles. The van der Waals surface area contributed by atoms with E-state index in [-0.39, 0.29) is 10.8 Å². The van der Waals surface area contributed by atoms with Gasteiger partial charge in [0.2, 0.25) is 0 Å². The van der Waals surface area contributed by atoms with Crippen LogP contribution in [0.5, 0.6) is 0 Å². The molecule has 0 aliphatic heterocycles. The molecule has 12 rings (SSSR count). The van der Waals surface area contributed by atoms with Crippen molar-refractivity contribution in [3.8, 4) is 22.3 Å². The zero-order chi connectivity index (χ0) is 39.3. The molecule has 2 aliphatic rings. The van der Waals surface area contributed by atoms with Gasteiger partial charge in [0.1, 0.15) is 0 Å². The molecule has 1 heteroatoms. The number of rotatable bonds is 5. The number of anilines is 3. The van der Waals surface area contributed by atoms with Crippen LogP contribution in [0.2, 0.25) is 0 Å². The normalized spacial score (nSPS) is 17.5. The molecule has 0 saturated carbocycles. The van der Waals surface area contributed by atoms with Gasteiger partial charge in [-0.2, -0.15) is 0 Å². The summed E-state index contributed by atoms with van der Waals surface area (Å²) < 4.78 is 0. The number of hydrogen-bond acceptors (Lipinski definition) is 1. The van der Waals surface area contributed by atoms with Crippen molar-refractivity contribution in [2.24, 2.45) is 0 Å². The third-order valence-corrected chi connectivity index (χ3v) is 13.8. The second-order valence-electron chi connectivity index (χ2n) is 16.7. The van der Waals surface area contributed by atoms with Gasteiger partial charge in [0.05, 0.1) is 0 Å². The van der Waals surface area contributed by atoms with E-state index in [9.17, 15) is 0 Å². The van der Waals surface area contributed by atoms with Crippen LogP contribution < -0.4 is 4.90 Å². The molecule has 10 aromatic carbocycles. The molecule has 0 bridgehead atoms. The average Bonchev–Trinajstić information content (AvgIpc) is 3.72. The maximum absolute atomic E-state index is 2.50. The highest BCUT2D eigenvalue weighted by Crippen LogP contribution is 2.56. The first-order valence-electron chi connectivity index (χ1n) is 20.8. The first-order chi connectivity index (χ1) is 29.0. The van der Waals surface area contributed by atoms with E-state index in [2.05, 4.69) is 231 Å². The molecule has 0 fully saturated rings. The van der Waals surface area contributed by atoms with Crippen molar-refractivity contribution in [3.63, 3.8) is 0 Å². The lowest BCUT2D eigenvalue weighted by Gasteiger charge is -2.31. The quantitative estimate of drug-likeness (QED) is 0.158. The van der Waals surface area contributed by atoms with E-state index < -0.39 is 0 Å². The summed E-state index contributed by atoms with van der Waals surface area (Å²) in [4.78, 5) is 2.50. The molecule has 59 heavy (non-hydrogen) atoms. The van der Waals surface area contributed by atoms with Crippen LogP contribution in [0.3, 0.4) is 0 Å². The predicted octanol–water partition coefficient (Wildman–Crippen LogP) is 15.3. The van der Waals surface area contributed by atoms with Gasteiger partial charge >= 0.3 is 0 Å². The summed E-state index contributed by atoms with van der Waals surface area (Å²) in [6.45, 7) is 4.80. The van der Waals surface area contributed by atoms with Crippen LogP contribution in [0, 0.1) is 0 Å². The lowest BCUT2D eigenvalue weighted by atomic mass is 9.74. The van der Waals surface area contributed by atoms with Crippen LogP contribution in [-0.2, 0) is 10.8 Å². The molecule has 278 valence electrons. The first kappa shape index (κ1) is 33.9. The van der Waals surface area contributed by atoms with Gasteiger partial charge in [0.15, 0.2) is 0 Å². The lowest BCUT2D eigenvalue weighted by molar-refractivity contribution is 0.713. The van der Waals surface area contributed by atoms with E-state index in [1.165, 1.54) is 88.0 Å². The zero-order valence-corrected chi connectivity index (χ0v) is 33.2. The van der Waals surface area contributed by atoms with E-state index in [1.807, 2.05) is 0 Å². The third-order valence-electron chi connectivity index (χ3n) is 13.8. The summed E-state index contributed by atoms with van der Waals surface area (Å²) in [5.74, 6) is 0. The number of benzene rings is 10. The van der Waals surface area contributed by atoms with E-state index in [4.69, 9.17) is 0 Å². The summed E-state index contributed by atoms with van der Waals surface area (Å²) in [6.07, 6.45) is 0. The van der Waals surface area contributed by atoms with Crippen LogP contribution in [0.1, 0.15) is 47.2 Å². The molecule has 0 heterocycles. The minimum absolute atomic E-state index is 0.268. The van der Waals surface area contributed by atoms with Gasteiger partial charge in [-0.15, -0.1) is 0 Å². The SMILES string of the molecule is CC1(c2ccccc2)c2ccccc2-c2cc(N(c3ccc4c(c3)C(C)(c3ccccc3)c3ccccc3-4)c3ccc4c5ccccc5c5ccccc5c4c3)ccc21. The van der Waals surface area contributed by atoms with Crippen molar-refractivity contribution in [1.82, 2.24) is 0 Å². The molecule has 0 N–H and O–H groups in total. The fraction of sp³-hybridized carbons (Fsp3) is 0.0690. The molecule has 10 aromatic rings. The summed E-state index contributed by atoms with van der Waals surface area (Å²) in [6, 6.07) is 79.2. The fourth-order valence-electron chi connectivity index (χ4n) is 10.9. The molecule has 0 spiro atoms. The van der Waals surface area contributed by atoms with Crippen molar-refractivity contribution >= 4 is 49.4 Å². The molecule has 2 aliphatic carbocycles. The smallest absolute Gasteiger partial charge is 0.0468 e. The van der Waals surface area contributed by atoms with E-state index in [0.29, 0.717) is 0 Å².